The number of piperidine rings is 1. The Labute approximate surface area is 241 Å². The summed E-state index contributed by atoms with van der Waals surface area (Å²) in [5.74, 6) is -1.51. The second-order valence-electron chi connectivity index (χ2n) is 13.0. The second-order valence-corrected chi connectivity index (χ2v) is 14.3. The first kappa shape index (κ1) is 27.0. The van der Waals surface area contributed by atoms with Crippen molar-refractivity contribution in [1.82, 2.24) is 40.6 Å². The lowest BCUT2D eigenvalue weighted by molar-refractivity contribution is -0.160. The number of rotatable bonds is 9. The number of aromatic nitrogens is 4. The summed E-state index contributed by atoms with van der Waals surface area (Å²) in [6, 6.07) is 0.0628. The summed E-state index contributed by atoms with van der Waals surface area (Å²) >= 11 is 1.50. The molecule has 1 spiro atoms. The summed E-state index contributed by atoms with van der Waals surface area (Å²) in [7, 11) is 0. The summed E-state index contributed by atoms with van der Waals surface area (Å²) in [6.45, 7) is 7.18. The van der Waals surface area contributed by atoms with Crippen molar-refractivity contribution in [3.63, 3.8) is 0 Å². The minimum Gasteiger partial charge on any atom is -0.477 e. The molecule has 2 amide bonds. The summed E-state index contributed by atoms with van der Waals surface area (Å²) in [5.41, 5.74) is 0.310. The first-order valence-electron chi connectivity index (χ1n) is 14.6. The number of nitrogens with one attached hydrogen (secondary N) is 2. The molecule has 5 fully saturated rings. The maximum atomic E-state index is 13.5. The number of amides is 2. The molecule has 13 nitrogen and oxygen atoms in total. The number of ketones is 1. The molecule has 1 aromatic heterocycles. The lowest BCUT2D eigenvalue weighted by Gasteiger charge is -2.47. The van der Waals surface area contributed by atoms with Crippen LogP contribution in [0.25, 0.3) is 0 Å². The number of aliphatic carboxylic acids is 1. The van der Waals surface area contributed by atoms with Gasteiger partial charge in [-0.2, -0.15) is 0 Å². The number of fused-ring (bicyclic) bond motifs is 2. The Morgan fingerprint density at radius 3 is 2.80 bits per heavy atom. The highest BCUT2D eigenvalue weighted by atomic mass is 32.2. The molecule has 4 saturated heterocycles. The summed E-state index contributed by atoms with van der Waals surface area (Å²) < 4.78 is 1.35. The Balaban J connectivity index is 0.989. The zero-order chi connectivity index (χ0) is 28.6. The normalized spacial score (nSPS) is 37.9. The minimum atomic E-state index is -1.11. The van der Waals surface area contributed by atoms with E-state index in [-0.39, 0.29) is 70.8 Å². The standard InChI is InChI=1S/C27H36N8O5S/c1-13(3-17(36)9-34-12-30-31-32-34)20-21-14(2)23(22(26(39)40)35(21)25(20)38)41-18-5-19(28-7-18)24(37)33-8-15-4-16-6-27(15,11-33)10-29-16/h12-16,18-21,28-29H,3-11H2,1-2H3,(H,39,40)/t13?,14-,15?,16?,18+,19+,20-,21-,27-/m1/s1. The molecule has 6 aliphatic rings. The van der Waals surface area contributed by atoms with Crippen LogP contribution in [0, 0.1) is 29.1 Å². The van der Waals surface area contributed by atoms with Crippen molar-refractivity contribution in [2.24, 2.45) is 29.1 Å². The maximum Gasteiger partial charge on any atom is 0.353 e. The van der Waals surface area contributed by atoms with E-state index in [2.05, 4.69) is 31.1 Å². The van der Waals surface area contributed by atoms with Gasteiger partial charge in [-0.05, 0) is 41.5 Å². The number of Topliss-reactive ketones (excluding diaryl/α,β-unsaturated/α-hetero) is 1. The first-order chi connectivity index (χ1) is 19.6. The van der Waals surface area contributed by atoms with E-state index in [1.165, 1.54) is 34.1 Å². The number of carbonyl (C=O) groups is 4. The number of carbonyl (C=O) groups excluding carboxylic acids is 3. The van der Waals surface area contributed by atoms with Crippen LogP contribution in [0.2, 0.25) is 0 Å². The Morgan fingerprint density at radius 2 is 2.10 bits per heavy atom. The molecule has 1 aromatic rings. The van der Waals surface area contributed by atoms with Gasteiger partial charge in [0.15, 0.2) is 5.78 Å². The van der Waals surface area contributed by atoms with Crippen LogP contribution in [0.4, 0.5) is 0 Å². The van der Waals surface area contributed by atoms with Crippen LogP contribution in [0.1, 0.15) is 39.5 Å². The van der Waals surface area contributed by atoms with Crippen molar-refractivity contribution in [2.75, 3.05) is 26.2 Å². The molecular formula is C27H36N8O5S. The van der Waals surface area contributed by atoms with E-state index >= 15 is 0 Å². The van der Waals surface area contributed by atoms with E-state index in [0.29, 0.717) is 29.8 Å². The number of thioether (sulfide) groups is 1. The van der Waals surface area contributed by atoms with Crippen LogP contribution in [0.3, 0.4) is 0 Å². The van der Waals surface area contributed by atoms with Gasteiger partial charge in [0.2, 0.25) is 11.8 Å². The van der Waals surface area contributed by atoms with Crippen molar-refractivity contribution in [1.29, 1.82) is 0 Å². The van der Waals surface area contributed by atoms with Crippen LogP contribution >= 0.6 is 11.8 Å². The van der Waals surface area contributed by atoms with Crippen LogP contribution < -0.4 is 10.6 Å². The van der Waals surface area contributed by atoms with E-state index < -0.39 is 11.9 Å². The molecular weight excluding hydrogens is 548 g/mol. The Bertz CT molecular complexity index is 1320. The van der Waals surface area contributed by atoms with Gasteiger partial charge in [0.25, 0.3) is 0 Å². The van der Waals surface area contributed by atoms with E-state index in [9.17, 15) is 24.3 Å². The van der Waals surface area contributed by atoms with Gasteiger partial charge in [-0.1, -0.05) is 13.8 Å². The SMILES string of the molecule is CC(CC(=O)Cn1cnnn1)[C@H]1C(=O)N2C(C(=O)O)=C(S[C@@H]3CN[C@H](C(=O)N4CC5CC6C[C@@]5(CN6)C4)C3)[C@H](C)[C@H]12. The highest BCUT2D eigenvalue weighted by Crippen LogP contribution is 2.54. The first-order valence-corrected chi connectivity index (χ1v) is 15.5. The molecule has 1 aliphatic carbocycles. The molecule has 2 bridgehead atoms. The minimum absolute atomic E-state index is 0.0347. The average Bonchev–Trinajstić information content (AvgIpc) is 3.75. The van der Waals surface area contributed by atoms with Crippen LogP contribution in [0.15, 0.2) is 16.9 Å². The summed E-state index contributed by atoms with van der Waals surface area (Å²) in [5, 5.41) is 28.0. The monoisotopic (exact) mass is 584 g/mol. The van der Waals surface area contributed by atoms with Crippen LogP contribution in [-0.4, -0.2) is 108 Å². The number of likely N-dealkylation sites (tertiary alicyclic amines) is 1. The fourth-order valence-corrected chi connectivity index (χ4v) is 10.1. The number of tetrazole rings is 1. The molecule has 1 saturated carbocycles. The lowest BCUT2D eigenvalue weighted by atomic mass is 9.73. The number of β-lactam (4-membered cyclic amide) rings is 1. The Morgan fingerprint density at radius 1 is 1.27 bits per heavy atom. The zero-order valence-corrected chi connectivity index (χ0v) is 24.0. The third-order valence-corrected chi connectivity index (χ3v) is 12.0. The van der Waals surface area contributed by atoms with Crippen LogP contribution in [0.5, 0.6) is 0 Å². The van der Waals surface area contributed by atoms with E-state index in [4.69, 9.17) is 0 Å². The predicted octanol–water partition coefficient (Wildman–Crippen LogP) is -0.285. The molecule has 220 valence electrons. The van der Waals surface area contributed by atoms with Gasteiger partial charge >= 0.3 is 5.97 Å². The van der Waals surface area contributed by atoms with Gasteiger partial charge in [0, 0.05) is 60.1 Å². The fourth-order valence-electron chi connectivity index (χ4n) is 8.58. The second kappa shape index (κ2) is 9.87. The third kappa shape index (κ3) is 4.32. The number of hydrogen-bond donors (Lipinski definition) is 3. The number of carboxylic acid groups (broad SMARTS) is 1. The van der Waals surface area contributed by atoms with Crippen molar-refractivity contribution in [3.05, 3.63) is 16.9 Å². The topological polar surface area (TPSA) is 163 Å². The molecule has 0 radical (unpaired) electrons. The molecule has 0 aromatic carbocycles. The van der Waals surface area contributed by atoms with Gasteiger partial charge in [-0.15, -0.1) is 16.9 Å². The quantitative estimate of drug-likeness (QED) is 0.327. The van der Waals surface area contributed by atoms with E-state index in [1.807, 2.05) is 13.8 Å². The Hall–Kier alpha value is -2.84. The van der Waals surface area contributed by atoms with Gasteiger partial charge in [0.05, 0.1) is 18.0 Å². The van der Waals surface area contributed by atoms with Crippen molar-refractivity contribution < 1.29 is 24.3 Å². The van der Waals surface area contributed by atoms with Gasteiger partial charge in [0.1, 0.15) is 18.6 Å². The predicted molar refractivity (Wildman–Crippen MR) is 146 cm³/mol. The summed E-state index contributed by atoms with van der Waals surface area (Å²) in [6.07, 6.45) is 4.52. The average molecular weight is 585 g/mol. The zero-order valence-electron chi connectivity index (χ0n) is 23.2. The number of nitrogens with zero attached hydrogens (tertiary/aromatic N) is 6. The van der Waals surface area contributed by atoms with Gasteiger partial charge in [-0.3, -0.25) is 14.4 Å². The van der Waals surface area contributed by atoms with Gasteiger partial charge < -0.3 is 25.5 Å². The van der Waals surface area contributed by atoms with Crippen molar-refractivity contribution >= 4 is 35.3 Å². The molecule has 3 unspecified atom stereocenters. The van der Waals surface area contributed by atoms with Crippen LogP contribution in [-0.2, 0) is 25.7 Å². The smallest absolute Gasteiger partial charge is 0.353 e. The molecule has 5 aliphatic heterocycles. The lowest BCUT2D eigenvalue weighted by Crippen LogP contribution is -2.62. The maximum absolute atomic E-state index is 13.5. The molecule has 7 rings (SSSR count). The van der Waals surface area contributed by atoms with E-state index in [0.717, 1.165) is 26.1 Å². The highest BCUT2D eigenvalue weighted by molar-refractivity contribution is 8.03. The summed E-state index contributed by atoms with van der Waals surface area (Å²) in [4.78, 5) is 55.9. The molecule has 9 atom stereocenters. The number of carboxylic acids is 1. The van der Waals surface area contributed by atoms with Crippen molar-refractivity contribution in [2.45, 2.75) is 69.5 Å². The number of hydrogen-bond acceptors (Lipinski definition) is 10. The van der Waals surface area contributed by atoms with Gasteiger partial charge in [-0.25, -0.2) is 9.48 Å². The van der Waals surface area contributed by atoms with Crippen molar-refractivity contribution in [3.8, 4) is 0 Å². The molecule has 14 heteroatoms. The molecule has 3 N–H and O–H groups in total. The highest BCUT2D eigenvalue weighted by Gasteiger charge is 2.61. The molecule has 41 heavy (non-hydrogen) atoms. The third-order valence-electron chi connectivity index (χ3n) is 10.5. The largest absolute Gasteiger partial charge is 0.477 e. The Kier molecular flexibility index (Phi) is 6.51. The van der Waals surface area contributed by atoms with E-state index in [1.54, 1.807) is 0 Å². The fraction of sp³-hybridized carbons (Fsp3) is 0.741. The molecule has 6 heterocycles.